The lowest BCUT2D eigenvalue weighted by Gasteiger charge is -2.22. The molecule has 0 atom stereocenters. The lowest BCUT2D eigenvalue weighted by molar-refractivity contribution is 0.590. The third-order valence-electron chi connectivity index (χ3n) is 9.35. The Morgan fingerprint density at radius 1 is 0.413 bits per heavy atom. The molecule has 0 bridgehead atoms. The molecule has 0 N–H and O–H groups in total. The molecule has 0 saturated carbocycles. The van der Waals surface area contributed by atoms with E-state index in [4.69, 9.17) is 0 Å². The van der Waals surface area contributed by atoms with Crippen LogP contribution in [-0.2, 0) is 10.8 Å². The number of pyridine rings is 2. The Balaban J connectivity index is 1.65. The van der Waals surface area contributed by atoms with Crippen LogP contribution in [-0.4, -0.2) is 9.13 Å². The molecule has 7 aromatic rings. The van der Waals surface area contributed by atoms with Crippen molar-refractivity contribution in [1.29, 1.82) is 0 Å². The van der Waals surface area contributed by atoms with E-state index in [2.05, 4.69) is 111 Å². The average Bonchev–Trinajstić information content (AvgIpc) is 3.00. The first kappa shape index (κ1) is 29.7. The monoisotopic (exact) mass is 604 g/mol. The molecule has 0 spiro atoms. The van der Waals surface area contributed by atoms with Crippen LogP contribution in [0.2, 0.25) is 0 Å². The molecule has 4 heteroatoms. The summed E-state index contributed by atoms with van der Waals surface area (Å²) in [4.78, 5) is 28.6. The maximum atomic E-state index is 14.3. The fraction of sp³-hybridized carbons (Fsp3) is 0.238. The zero-order valence-electron chi connectivity index (χ0n) is 27.9. The Morgan fingerprint density at radius 2 is 0.739 bits per heavy atom. The molecule has 0 saturated heterocycles. The fourth-order valence-electron chi connectivity index (χ4n) is 6.67. The van der Waals surface area contributed by atoms with Crippen molar-refractivity contribution < 1.29 is 0 Å². The molecule has 46 heavy (non-hydrogen) atoms. The minimum atomic E-state index is -0.0409. The standard InChI is InChI=1S/C42H40N2O2/c1-25-9-19-31-35(21-25)43(29-15-11-27(12-16-29)41(3,4)5)37-23-34-38(24-33(37)39(31)45)44(30-17-13-28(14-18-30)42(6,7)8)36-22-26(2)10-20-32(36)40(34)46/h9-24H,1-8H3. The number of aryl methyl sites for hydroxylation is 2. The largest absolute Gasteiger partial charge is 0.309 e. The maximum absolute atomic E-state index is 14.3. The topological polar surface area (TPSA) is 44.0 Å². The molecule has 230 valence electrons. The van der Waals surface area contributed by atoms with Crippen molar-refractivity contribution in [2.24, 2.45) is 0 Å². The highest BCUT2D eigenvalue weighted by Gasteiger charge is 2.20. The molecular formula is C42H40N2O2. The van der Waals surface area contributed by atoms with Gasteiger partial charge in [0.05, 0.1) is 22.1 Å². The van der Waals surface area contributed by atoms with Crippen LogP contribution in [0.15, 0.2) is 107 Å². The summed E-state index contributed by atoms with van der Waals surface area (Å²) in [6, 6.07) is 33.0. The SMILES string of the molecule is Cc1ccc2c(=O)c3cc4c(cc3n(-c3ccc(C(C)(C)C)cc3)c2c1)c(=O)c1ccc(C)cc1n4-c1ccc(C(C)(C)C)cc1. The molecule has 2 aromatic heterocycles. The normalized spacial score (nSPS) is 12.5. The predicted octanol–water partition coefficient (Wildman–Crippen LogP) is 9.81. The van der Waals surface area contributed by atoms with Gasteiger partial charge in [-0.2, -0.15) is 0 Å². The van der Waals surface area contributed by atoms with Gasteiger partial charge >= 0.3 is 0 Å². The van der Waals surface area contributed by atoms with Gasteiger partial charge in [-0.3, -0.25) is 9.59 Å². The number of rotatable bonds is 2. The molecule has 0 radical (unpaired) electrons. The molecule has 0 amide bonds. The van der Waals surface area contributed by atoms with Gasteiger partial charge in [-0.15, -0.1) is 0 Å². The van der Waals surface area contributed by atoms with E-state index < -0.39 is 0 Å². The van der Waals surface area contributed by atoms with Crippen molar-refractivity contribution in [2.45, 2.75) is 66.2 Å². The highest BCUT2D eigenvalue weighted by atomic mass is 16.1. The van der Waals surface area contributed by atoms with Crippen molar-refractivity contribution in [1.82, 2.24) is 9.13 Å². The summed E-state index contributed by atoms with van der Waals surface area (Å²) in [5, 5.41) is 2.46. The van der Waals surface area contributed by atoms with Crippen LogP contribution in [0.3, 0.4) is 0 Å². The molecule has 7 rings (SSSR count). The average molecular weight is 605 g/mol. The Hall–Kier alpha value is -4.96. The second kappa shape index (κ2) is 10.3. The van der Waals surface area contributed by atoms with Crippen molar-refractivity contribution in [2.75, 3.05) is 0 Å². The van der Waals surface area contributed by atoms with Crippen LogP contribution in [0.5, 0.6) is 0 Å². The molecule has 0 aliphatic heterocycles. The molecule has 4 nitrogen and oxygen atoms in total. The molecule has 5 aromatic carbocycles. The van der Waals surface area contributed by atoms with Gasteiger partial charge in [-0.25, -0.2) is 0 Å². The zero-order chi connectivity index (χ0) is 32.7. The summed E-state index contributed by atoms with van der Waals surface area (Å²) in [5.41, 5.74) is 9.52. The van der Waals surface area contributed by atoms with Gasteiger partial charge < -0.3 is 9.13 Å². The van der Waals surface area contributed by atoms with E-state index in [1.165, 1.54) is 11.1 Å². The third kappa shape index (κ3) is 4.75. The van der Waals surface area contributed by atoms with Gasteiger partial charge in [-0.1, -0.05) is 77.9 Å². The first-order chi connectivity index (χ1) is 21.7. The van der Waals surface area contributed by atoms with Crippen LogP contribution in [0.4, 0.5) is 0 Å². The van der Waals surface area contributed by atoms with Gasteiger partial charge in [0.25, 0.3) is 0 Å². The van der Waals surface area contributed by atoms with Crippen LogP contribution < -0.4 is 10.9 Å². The van der Waals surface area contributed by atoms with E-state index in [1.54, 1.807) is 0 Å². The van der Waals surface area contributed by atoms with Gasteiger partial charge in [0.1, 0.15) is 0 Å². The van der Waals surface area contributed by atoms with Crippen molar-refractivity contribution in [3.8, 4) is 11.4 Å². The Labute approximate surface area is 269 Å². The molecular weight excluding hydrogens is 564 g/mol. The molecule has 0 aliphatic rings. The molecule has 0 fully saturated rings. The predicted molar refractivity (Wildman–Crippen MR) is 195 cm³/mol. The highest BCUT2D eigenvalue weighted by molar-refractivity contribution is 6.05. The quantitative estimate of drug-likeness (QED) is 0.184. The highest BCUT2D eigenvalue weighted by Crippen LogP contribution is 2.33. The van der Waals surface area contributed by atoms with Crippen LogP contribution in [0.1, 0.15) is 63.8 Å². The summed E-state index contributed by atoms with van der Waals surface area (Å²) in [6.07, 6.45) is 0. The van der Waals surface area contributed by atoms with Gasteiger partial charge in [0.2, 0.25) is 0 Å². The number of hydrogen-bond donors (Lipinski definition) is 0. The van der Waals surface area contributed by atoms with E-state index >= 15 is 0 Å². The number of nitrogens with zero attached hydrogens (tertiary/aromatic N) is 2. The van der Waals surface area contributed by atoms with Crippen molar-refractivity contribution in [3.63, 3.8) is 0 Å². The van der Waals surface area contributed by atoms with Gasteiger partial charge in [0, 0.05) is 32.9 Å². The van der Waals surface area contributed by atoms with Crippen LogP contribution in [0.25, 0.3) is 55.0 Å². The second-order valence-electron chi connectivity index (χ2n) is 14.9. The Bertz CT molecular complexity index is 2290. The molecule has 0 aliphatic carbocycles. The third-order valence-corrected chi connectivity index (χ3v) is 9.35. The van der Waals surface area contributed by atoms with E-state index in [0.29, 0.717) is 21.5 Å². The first-order valence-corrected chi connectivity index (χ1v) is 16.0. The first-order valence-electron chi connectivity index (χ1n) is 16.0. The number of benzene rings is 5. The summed E-state index contributed by atoms with van der Waals surface area (Å²) >= 11 is 0. The maximum Gasteiger partial charge on any atom is 0.197 e. The summed E-state index contributed by atoms with van der Waals surface area (Å²) in [7, 11) is 0. The van der Waals surface area contributed by atoms with E-state index in [0.717, 1.165) is 44.6 Å². The summed E-state index contributed by atoms with van der Waals surface area (Å²) in [6.45, 7) is 17.3. The summed E-state index contributed by atoms with van der Waals surface area (Å²) in [5.74, 6) is 0. The minimum Gasteiger partial charge on any atom is -0.309 e. The molecule has 0 unspecified atom stereocenters. The van der Waals surface area contributed by atoms with E-state index in [-0.39, 0.29) is 21.7 Å². The lowest BCUT2D eigenvalue weighted by Crippen LogP contribution is -2.15. The zero-order valence-corrected chi connectivity index (χ0v) is 27.9. The minimum absolute atomic E-state index is 0.00851. The Morgan fingerprint density at radius 3 is 1.07 bits per heavy atom. The van der Waals surface area contributed by atoms with Gasteiger partial charge in [0.15, 0.2) is 10.9 Å². The number of aromatic nitrogens is 2. The van der Waals surface area contributed by atoms with Crippen molar-refractivity contribution in [3.05, 3.63) is 140 Å². The Kier molecular flexibility index (Phi) is 6.65. The summed E-state index contributed by atoms with van der Waals surface area (Å²) < 4.78 is 4.29. The van der Waals surface area contributed by atoms with Gasteiger partial charge in [-0.05, 0) is 108 Å². The number of fused-ring (bicyclic) bond motifs is 4. The smallest absolute Gasteiger partial charge is 0.197 e. The van der Waals surface area contributed by atoms with Crippen LogP contribution in [0, 0.1) is 13.8 Å². The fourth-order valence-corrected chi connectivity index (χ4v) is 6.67. The van der Waals surface area contributed by atoms with E-state index in [1.807, 2.05) is 50.2 Å². The second-order valence-corrected chi connectivity index (χ2v) is 14.9. The molecule has 2 heterocycles. The number of hydrogen-bond acceptors (Lipinski definition) is 2. The van der Waals surface area contributed by atoms with E-state index in [9.17, 15) is 9.59 Å². The lowest BCUT2D eigenvalue weighted by atomic mass is 9.87. The van der Waals surface area contributed by atoms with Crippen molar-refractivity contribution >= 4 is 43.6 Å². The van der Waals surface area contributed by atoms with Crippen LogP contribution >= 0.6 is 0 Å².